The maximum atomic E-state index is 12.8. The second-order valence-corrected chi connectivity index (χ2v) is 4.09. The minimum Gasteiger partial charge on any atom is -0.467 e. The van der Waals surface area contributed by atoms with Crippen molar-refractivity contribution >= 4 is 11.7 Å². The summed E-state index contributed by atoms with van der Waals surface area (Å²) >= 11 is 0. The molecule has 4 heteroatoms. The largest absolute Gasteiger partial charge is 0.467 e. The van der Waals surface area contributed by atoms with Crippen molar-refractivity contribution in [2.24, 2.45) is 0 Å². The van der Waals surface area contributed by atoms with Gasteiger partial charge in [-0.15, -0.1) is 0 Å². The Balaban J connectivity index is 2.97. The van der Waals surface area contributed by atoms with Gasteiger partial charge in [-0.1, -0.05) is 0 Å². The normalized spacial score (nSPS) is 11.1. The highest BCUT2D eigenvalue weighted by molar-refractivity contribution is 5.84. The van der Waals surface area contributed by atoms with Crippen molar-refractivity contribution in [1.29, 1.82) is 0 Å². The third kappa shape index (κ3) is 2.32. The lowest BCUT2D eigenvalue weighted by Crippen LogP contribution is -2.48. The van der Waals surface area contributed by atoms with Gasteiger partial charge in [0.1, 0.15) is 11.4 Å². The molecule has 0 bridgehead atoms. The number of carbonyl (C=O) groups excluding carboxylic acids is 1. The summed E-state index contributed by atoms with van der Waals surface area (Å²) in [6.45, 7) is 3.50. The Kier molecular flexibility index (Phi) is 3.52. The molecule has 0 aliphatic rings. The Morgan fingerprint density at radius 3 is 2.25 bits per heavy atom. The molecule has 16 heavy (non-hydrogen) atoms. The summed E-state index contributed by atoms with van der Waals surface area (Å²) < 4.78 is 17.5. The van der Waals surface area contributed by atoms with Gasteiger partial charge in [-0.2, -0.15) is 0 Å². The molecule has 1 rings (SSSR count). The van der Waals surface area contributed by atoms with Gasteiger partial charge < -0.3 is 9.64 Å². The summed E-state index contributed by atoms with van der Waals surface area (Å²) in [6, 6.07) is 5.97. The van der Waals surface area contributed by atoms with E-state index in [-0.39, 0.29) is 11.8 Å². The molecule has 0 aliphatic heterocycles. The Morgan fingerprint density at radius 2 is 1.81 bits per heavy atom. The van der Waals surface area contributed by atoms with Gasteiger partial charge in [-0.05, 0) is 38.1 Å². The van der Waals surface area contributed by atoms with Crippen LogP contribution in [0.25, 0.3) is 0 Å². The Morgan fingerprint density at radius 1 is 1.31 bits per heavy atom. The van der Waals surface area contributed by atoms with Gasteiger partial charge >= 0.3 is 5.97 Å². The number of hydrogen-bond acceptors (Lipinski definition) is 3. The fraction of sp³-hybridized carbons (Fsp3) is 0.417. The van der Waals surface area contributed by atoms with Crippen molar-refractivity contribution in [2.75, 3.05) is 19.1 Å². The average Bonchev–Trinajstić information content (AvgIpc) is 2.28. The van der Waals surface area contributed by atoms with Crippen LogP contribution in [0.3, 0.4) is 0 Å². The molecule has 0 N–H and O–H groups in total. The lowest BCUT2D eigenvalue weighted by molar-refractivity contribution is -0.145. The standard InChI is InChI=1S/C12H16FNO2/c1-12(2,11(15)16-4)14(3)10-7-5-9(13)6-8-10/h5-8H,1-4H3. The van der Waals surface area contributed by atoms with E-state index in [1.165, 1.54) is 19.2 Å². The van der Waals surface area contributed by atoms with Crippen LogP contribution in [-0.4, -0.2) is 25.7 Å². The number of nitrogens with zero attached hydrogens (tertiary/aromatic N) is 1. The summed E-state index contributed by atoms with van der Waals surface area (Å²) in [4.78, 5) is 13.3. The highest BCUT2D eigenvalue weighted by Crippen LogP contribution is 2.23. The molecule has 0 atom stereocenters. The number of methoxy groups -OCH3 is 1. The van der Waals surface area contributed by atoms with Crippen LogP contribution in [0, 0.1) is 5.82 Å². The molecule has 0 radical (unpaired) electrons. The number of rotatable bonds is 3. The molecule has 1 aromatic rings. The molecule has 0 saturated heterocycles. The van der Waals surface area contributed by atoms with Crippen LogP contribution in [0.4, 0.5) is 10.1 Å². The molecule has 0 fully saturated rings. The van der Waals surface area contributed by atoms with Gasteiger partial charge in [0.25, 0.3) is 0 Å². The third-order valence-corrected chi connectivity index (χ3v) is 2.74. The van der Waals surface area contributed by atoms with Crippen molar-refractivity contribution in [1.82, 2.24) is 0 Å². The van der Waals surface area contributed by atoms with Crippen LogP contribution < -0.4 is 4.90 Å². The maximum absolute atomic E-state index is 12.8. The highest BCUT2D eigenvalue weighted by Gasteiger charge is 2.33. The van der Waals surface area contributed by atoms with Crippen molar-refractivity contribution in [3.8, 4) is 0 Å². The maximum Gasteiger partial charge on any atom is 0.331 e. The Bertz CT molecular complexity index is 373. The summed E-state index contributed by atoms with van der Waals surface area (Å²) in [7, 11) is 3.12. The molecule has 0 amide bonds. The summed E-state index contributed by atoms with van der Waals surface area (Å²) in [6.07, 6.45) is 0. The molecule has 88 valence electrons. The third-order valence-electron chi connectivity index (χ3n) is 2.74. The van der Waals surface area contributed by atoms with Crippen molar-refractivity contribution in [3.63, 3.8) is 0 Å². The zero-order valence-electron chi connectivity index (χ0n) is 9.95. The fourth-order valence-corrected chi connectivity index (χ4v) is 1.37. The highest BCUT2D eigenvalue weighted by atomic mass is 19.1. The van der Waals surface area contributed by atoms with Crippen LogP contribution >= 0.6 is 0 Å². The van der Waals surface area contributed by atoms with E-state index in [9.17, 15) is 9.18 Å². The lowest BCUT2D eigenvalue weighted by atomic mass is 10.0. The van der Waals surface area contributed by atoms with Gasteiger partial charge in [-0.3, -0.25) is 0 Å². The van der Waals surface area contributed by atoms with E-state index in [1.807, 2.05) is 0 Å². The predicted octanol–water partition coefficient (Wildman–Crippen LogP) is 2.21. The molecule has 0 aliphatic carbocycles. The fourth-order valence-electron chi connectivity index (χ4n) is 1.37. The zero-order chi connectivity index (χ0) is 12.3. The first kappa shape index (κ1) is 12.5. The summed E-state index contributed by atoms with van der Waals surface area (Å²) in [5.74, 6) is -0.632. The number of anilines is 1. The minimum absolute atomic E-state index is 0.298. The molecule has 0 aromatic heterocycles. The number of halogens is 1. The van der Waals surface area contributed by atoms with E-state index < -0.39 is 5.54 Å². The van der Waals surface area contributed by atoms with Crippen LogP contribution in [0.1, 0.15) is 13.8 Å². The van der Waals surface area contributed by atoms with Crippen molar-refractivity contribution < 1.29 is 13.9 Å². The summed E-state index contributed by atoms with van der Waals surface area (Å²) in [5, 5.41) is 0. The van der Waals surface area contributed by atoms with Gasteiger partial charge in [0.05, 0.1) is 7.11 Å². The van der Waals surface area contributed by atoms with E-state index in [0.717, 1.165) is 5.69 Å². The zero-order valence-corrected chi connectivity index (χ0v) is 9.95. The number of ether oxygens (including phenoxy) is 1. The van der Waals surface area contributed by atoms with E-state index in [1.54, 1.807) is 37.9 Å². The second-order valence-electron chi connectivity index (χ2n) is 4.09. The van der Waals surface area contributed by atoms with Gasteiger partial charge in [0.2, 0.25) is 0 Å². The SMILES string of the molecule is COC(=O)C(C)(C)N(C)c1ccc(F)cc1. The van der Waals surface area contributed by atoms with E-state index in [4.69, 9.17) is 4.74 Å². The van der Waals surface area contributed by atoms with Crippen molar-refractivity contribution in [3.05, 3.63) is 30.1 Å². The average molecular weight is 225 g/mol. The molecule has 0 unspecified atom stereocenters. The minimum atomic E-state index is -0.785. The van der Waals surface area contributed by atoms with E-state index >= 15 is 0 Å². The van der Waals surface area contributed by atoms with Gasteiger partial charge in [-0.25, -0.2) is 9.18 Å². The van der Waals surface area contributed by atoms with E-state index in [2.05, 4.69) is 0 Å². The molecular formula is C12H16FNO2. The predicted molar refractivity (Wildman–Crippen MR) is 60.9 cm³/mol. The quantitative estimate of drug-likeness (QED) is 0.739. The Labute approximate surface area is 94.8 Å². The Hall–Kier alpha value is -1.58. The van der Waals surface area contributed by atoms with Crippen LogP contribution in [0.15, 0.2) is 24.3 Å². The molecule has 0 heterocycles. The van der Waals surface area contributed by atoms with Crippen LogP contribution in [0.5, 0.6) is 0 Å². The van der Waals surface area contributed by atoms with Crippen LogP contribution in [-0.2, 0) is 9.53 Å². The monoisotopic (exact) mass is 225 g/mol. The van der Waals surface area contributed by atoms with E-state index in [0.29, 0.717) is 0 Å². The smallest absolute Gasteiger partial charge is 0.331 e. The van der Waals surface area contributed by atoms with Crippen LogP contribution in [0.2, 0.25) is 0 Å². The summed E-state index contributed by atoms with van der Waals surface area (Å²) in [5.41, 5.74) is -0.0242. The first-order valence-electron chi connectivity index (χ1n) is 4.97. The molecule has 3 nitrogen and oxygen atoms in total. The first-order valence-corrected chi connectivity index (χ1v) is 4.97. The molecule has 0 spiro atoms. The number of carbonyl (C=O) groups is 1. The van der Waals surface area contributed by atoms with Crippen molar-refractivity contribution in [2.45, 2.75) is 19.4 Å². The molecule has 1 aromatic carbocycles. The number of esters is 1. The van der Waals surface area contributed by atoms with Gasteiger partial charge in [0, 0.05) is 12.7 Å². The van der Waals surface area contributed by atoms with Gasteiger partial charge in [0.15, 0.2) is 0 Å². The first-order chi connectivity index (χ1) is 7.39. The molecule has 0 saturated carbocycles. The second kappa shape index (κ2) is 4.51. The number of likely N-dealkylation sites (N-methyl/N-ethyl adjacent to an activating group) is 1. The lowest BCUT2D eigenvalue weighted by Gasteiger charge is -2.34. The number of benzene rings is 1. The number of hydrogen-bond donors (Lipinski definition) is 0. The molecular weight excluding hydrogens is 209 g/mol. The topological polar surface area (TPSA) is 29.5 Å².